The van der Waals surface area contributed by atoms with Gasteiger partial charge in [-0.25, -0.2) is 0 Å². The van der Waals surface area contributed by atoms with E-state index in [4.69, 9.17) is 9.47 Å². The van der Waals surface area contributed by atoms with E-state index < -0.39 is 0 Å². The lowest BCUT2D eigenvalue weighted by atomic mass is 10.1. The van der Waals surface area contributed by atoms with Gasteiger partial charge in [0.25, 0.3) is 0 Å². The van der Waals surface area contributed by atoms with Crippen molar-refractivity contribution in [3.8, 4) is 0 Å². The van der Waals surface area contributed by atoms with Crippen LogP contribution in [-0.2, 0) is 19.1 Å². The van der Waals surface area contributed by atoms with E-state index in [1.54, 1.807) is 0 Å². The van der Waals surface area contributed by atoms with Gasteiger partial charge >= 0.3 is 0 Å². The van der Waals surface area contributed by atoms with Crippen molar-refractivity contribution in [2.24, 2.45) is 0 Å². The molecule has 0 spiro atoms. The van der Waals surface area contributed by atoms with Crippen molar-refractivity contribution >= 4 is 11.6 Å². The average molecular weight is 421 g/mol. The van der Waals surface area contributed by atoms with Crippen molar-refractivity contribution in [3.63, 3.8) is 0 Å². The number of hydrogen-bond donors (Lipinski definition) is 0. The first-order valence-electron chi connectivity index (χ1n) is 12.5. The zero-order valence-electron chi connectivity index (χ0n) is 19.5. The summed E-state index contributed by atoms with van der Waals surface area (Å²) in [5.41, 5.74) is 0. The van der Waals surface area contributed by atoms with Crippen LogP contribution in [0.25, 0.3) is 0 Å². The summed E-state index contributed by atoms with van der Waals surface area (Å²) in [7, 11) is 0. The van der Waals surface area contributed by atoms with Crippen LogP contribution in [0.1, 0.15) is 117 Å². The fraction of sp³-hybridized carbons (Fsp3) is 0.769. The number of ketones is 2. The predicted molar refractivity (Wildman–Crippen MR) is 123 cm³/mol. The Bertz CT molecular complexity index is 485. The molecule has 1 rings (SSSR count). The molecular formula is C26H44O4. The predicted octanol–water partition coefficient (Wildman–Crippen LogP) is 7.22. The standard InChI is InChI=1S/C26H44O4/c1-3-5-7-9-11-13-15-17-19-29-25-21-24(28)26(22-23(25)27)30-20-18-16-14-12-10-8-6-4-2/h21-22H,3-20H2,1-2H3. The molecule has 1 aliphatic carbocycles. The van der Waals surface area contributed by atoms with E-state index in [1.807, 2.05) is 0 Å². The number of ether oxygens (including phenoxy) is 2. The average Bonchev–Trinajstić information content (AvgIpc) is 2.74. The first-order valence-corrected chi connectivity index (χ1v) is 12.5. The molecule has 30 heavy (non-hydrogen) atoms. The van der Waals surface area contributed by atoms with Gasteiger partial charge < -0.3 is 9.47 Å². The first kappa shape index (κ1) is 26.5. The van der Waals surface area contributed by atoms with Gasteiger partial charge in [0.05, 0.1) is 13.2 Å². The highest BCUT2D eigenvalue weighted by Crippen LogP contribution is 2.16. The van der Waals surface area contributed by atoms with Crippen molar-refractivity contribution in [1.82, 2.24) is 0 Å². The smallest absolute Gasteiger partial charge is 0.224 e. The zero-order valence-corrected chi connectivity index (χ0v) is 19.5. The normalized spacial score (nSPS) is 13.9. The molecule has 0 saturated heterocycles. The highest BCUT2D eigenvalue weighted by atomic mass is 16.5. The molecule has 0 atom stereocenters. The fourth-order valence-electron chi connectivity index (χ4n) is 3.58. The van der Waals surface area contributed by atoms with Crippen molar-refractivity contribution in [1.29, 1.82) is 0 Å². The van der Waals surface area contributed by atoms with Gasteiger partial charge in [0, 0.05) is 12.2 Å². The minimum Gasteiger partial charge on any atom is -0.489 e. The quantitative estimate of drug-likeness (QED) is 0.154. The third-order valence-electron chi connectivity index (χ3n) is 5.52. The Kier molecular flexibility index (Phi) is 16.1. The molecule has 172 valence electrons. The first-order chi connectivity index (χ1) is 14.7. The molecule has 0 fully saturated rings. The molecule has 0 saturated carbocycles. The summed E-state index contributed by atoms with van der Waals surface area (Å²) < 4.78 is 11.1. The Morgan fingerprint density at radius 1 is 0.500 bits per heavy atom. The summed E-state index contributed by atoms with van der Waals surface area (Å²) in [6.45, 7) is 5.43. The maximum absolute atomic E-state index is 12.2. The Labute approximate surface area is 184 Å². The van der Waals surface area contributed by atoms with Crippen LogP contribution in [0.2, 0.25) is 0 Å². The van der Waals surface area contributed by atoms with Crippen LogP contribution in [0.15, 0.2) is 23.7 Å². The van der Waals surface area contributed by atoms with E-state index in [-0.39, 0.29) is 23.1 Å². The summed E-state index contributed by atoms with van der Waals surface area (Å²) in [6.07, 6.45) is 22.0. The molecule has 0 unspecified atom stereocenters. The summed E-state index contributed by atoms with van der Waals surface area (Å²) in [4.78, 5) is 24.4. The van der Waals surface area contributed by atoms with Crippen molar-refractivity contribution < 1.29 is 19.1 Å². The molecule has 4 heteroatoms. The third kappa shape index (κ3) is 12.9. The molecule has 0 radical (unpaired) electrons. The summed E-state index contributed by atoms with van der Waals surface area (Å²) in [5.74, 6) is -0.218. The molecule has 0 aliphatic heterocycles. The molecule has 1 aliphatic rings. The largest absolute Gasteiger partial charge is 0.489 e. The van der Waals surface area contributed by atoms with Crippen LogP contribution in [0.4, 0.5) is 0 Å². The van der Waals surface area contributed by atoms with Gasteiger partial charge in [0.1, 0.15) is 0 Å². The summed E-state index contributed by atoms with van der Waals surface area (Å²) in [5, 5.41) is 0. The molecule has 0 bridgehead atoms. The minimum atomic E-state index is -0.264. The van der Waals surface area contributed by atoms with Gasteiger partial charge in [-0.15, -0.1) is 0 Å². The Morgan fingerprint density at radius 3 is 1.13 bits per heavy atom. The lowest BCUT2D eigenvalue weighted by molar-refractivity contribution is -0.119. The van der Waals surface area contributed by atoms with Crippen LogP contribution >= 0.6 is 0 Å². The second-order valence-corrected chi connectivity index (χ2v) is 8.39. The van der Waals surface area contributed by atoms with E-state index >= 15 is 0 Å². The van der Waals surface area contributed by atoms with Gasteiger partial charge in [-0.1, -0.05) is 104 Å². The van der Waals surface area contributed by atoms with Crippen LogP contribution in [-0.4, -0.2) is 24.8 Å². The van der Waals surface area contributed by atoms with E-state index in [9.17, 15) is 9.59 Å². The number of carbonyl (C=O) groups excluding carboxylic acids is 2. The van der Waals surface area contributed by atoms with Crippen molar-refractivity contribution in [2.75, 3.05) is 13.2 Å². The molecule has 0 aromatic carbocycles. The highest BCUT2D eigenvalue weighted by molar-refractivity contribution is 6.18. The fourth-order valence-corrected chi connectivity index (χ4v) is 3.58. The van der Waals surface area contributed by atoms with Crippen LogP contribution in [0.3, 0.4) is 0 Å². The van der Waals surface area contributed by atoms with E-state index in [1.165, 1.54) is 89.2 Å². The monoisotopic (exact) mass is 420 g/mol. The Morgan fingerprint density at radius 2 is 0.800 bits per heavy atom. The van der Waals surface area contributed by atoms with Crippen LogP contribution in [0, 0.1) is 0 Å². The molecular weight excluding hydrogens is 376 g/mol. The zero-order chi connectivity index (χ0) is 21.9. The van der Waals surface area contributed by atoms with Crippen molar-refractivity contribution in [2.45, 2.75) is 117 Å². The molecule has 0 amide bonds. The number of rotatable bonds is 20. The van der Waals surface area contributed by atoms with Crippen LogP contribution < -0.4 is 0 Å². The Hall–Kier alpha value is -1.58. The Balaban J connectivity index is 2.09. The van der Waals surface area contributed by atoms with Gasteiger partial charge in [-0.2, -0.15) is 0 Å². The SMILES string of the molecule is CCCCCCCCCCOC1=CC(=O)C(OCCCCCCCCCC)=CC1=O. The number of allylic oxidation sites excluding steroid dienone is 2. The number of hydrogen-bond acceptors (Lipinski definition) is 4. The van der Waals surface area contributed by atoms with Gasteiger partial charge in [-0.3, -0.25) is 9.59 Å². The van der Waals surface area contributed by atoms with E-state index in [0.29, 0.717) is 13.2 Å². The van der Waals surface area contributed by atoms with Gasteiger partial charge in [0.15, 0.2) is 11.5 Å². The third-order valence-corrected chi connectivity index (χ3v) is 5.52. The van der Waals surface area contributed by atoms with Gasteiger partial charge in [-0.05, 0) is 12.8 Å². The lowest BCUT2D eigenvalue weighted by Crippen LogP contribution is -2.17. The molecule has 0 N–H and O–H groups in total. The lowest BCUT2D eigenvalue weighted by Gasteiger charge is -2.14. The highest BCUT2D eigenvalue weighted by Gasteiger charge is 2.22. The topological polar surface area (TPSA) is 52.6 Å². The number of carbonyl (C=O) groups is 2. The maximum atomic E-state index is 12.2. The molecule has 0 aromatic heterocycles. The minimum absolute atomic E-state index is 0.155. The molecule has 0 aromatic rings. The van der Waals surface area contributed by atoms with Gasteiger partial charge in [0.2, 0.25) is 11.6 Å². The van der Waals surface area contributed by atoms with Crippen LogP contribution in [0.5, 0.6) is 0 Å². The maximum Gasteiger partial charge on any atom is 0.224 e. The summed E-state index contributed by atoms with van der Waals surface area (Å²) >= 11 is 0. The molecule has 0 heterocycles. The summed E-state index contributed by atoms with van der Waals surface area (Å²) in [6, 6.07) is 0. The second kappa shape index (κ2) is 18.2. The second-order valence-electron chi connectivity index (χ2n) is 8.39. The molecule has 4 nitrogen and oxygen atoms in total. The van der Waals surface area contributed by atoms with E-state index in [0.717, 1.165) is 25.7 Å². The van der Waals surface area contributed by atoms with Crippen molar-refractivity contribution in [3.05, 3.63) is 23.7 Å². The van der Waals surface area contributed by atoms with E-state index in [2.05, 4.69) is 13.8 Å². The number of unbranched alkanes of at least 4 members (excludes halogenated alkanes) is 14.